The molecule has 3 rings (SSSR count). The SMILES string of the molecule is O=C(COc1ccccc1)NCC(=O)Nc1nc(-c2ccccc2)cs1. The van der Waals surface area contributed by atoms with Crippen LogP contribution in [0.2, 0.25) is 0 Å². The second kappa shape index (κ2) is 8.77. The Hall–Kier alpha value is -3.19. The first-order valence-corrected chi connectivity index (χ1v) is 8.84. The fraction of sp³-hybridized carbons (Fsp3) is 0.105. The molecule has 0 atom stereocenters. The van der Waals surface area contributed by atoms with Gasteiger partial charge in [0.2, 0.25) is 5.91 Å². The number of carbonyl (C=O) groups excluding carboxylic acids is 2. The van der Waals surface area contributed by atoms with Gasteiger partial charge in [0.15, 0.2) is 11.7 Å². The second-order valence-corrected chi connectivity index (χ2v) is 6.19. The van der Waals surface area contributed by atoms with Gasteiger partial charge in [0.05, 0.1) is 12.2 Å². The molecule has 6 nitrogen and oxygen atoms in total. The van der Waals surface area contributed by atoms with Crippen LogP contribution < -0.4 is 15.4 Å². The maximum Gasteiger partial charge on any atom is 0.258 e. The summed E-state index contributed by atoms with van der Waals surface area (Å²) in [5.74, 6) is -0.108. The molecule has 2 aromatic carbocycles. The molecular formula is C19H17N3O3S. The van der Waals surface area contributed by atoms with Crippen molar-refractivity contribution >= 4 is 28.3 Å². The lowest BCUT2D eigenvalue weighted by molar-refractivity contribution is -0.125. The third-order valence-electron chi connectivity index (χ3n) is 3.38. The highest BCUT2D eigenvalue weighted by Crippen LogP contribution is 2.24. The average Bonchev–Trinajstić information content (AvgIpc) is 3.15. The summed E-state index contributed by atoms with van der Waals surface area (Å²) in [6, 6.07) is 18.7. The fourth-order valence-electron chi connectivity index (χ4n) is 2.13. The summed E-state index contributed by atoms with van der Waals surface area (Å²) in [5.41, 5.74) is 1.78. The van der Waals surface area contributed by atoms with Crippen molar-refractivity contribution in [1.82, 2.24) is 10.3 Å². The zero-order valence-corrected chi connectivity index (χ0v) is 14.7. The molecule has 1 aromatic heterocycles. The Morgan fingerprint density at radius 2 is 1.65 bits per heavy atom. The van der Waals surface area contributed by atoms with Crippen LogP contribution in [-0.2, 0) is 9.59 Å². The Morgan fingerprint density at radius 1 is 0.962 bits per heavy atom. The summed E-state index contributed by atoms with van der Waals surface area (Å²) < 4.78 is 5.32. The van der Waals surface area contributed by atoms with Crippen LogP contribution in [-0.4, -0.2) is 29.9 Å². The molecule has 0 spiro atoms. The van der Waals surface area contributed by atoms with E-state index in [9.17, 15) is 9.59 Å². The second-order valence-electron chi connectivity index (χ2n) is 5.33. The molecule has 0 fully saturated rings. The Balaban J connectivity index is 1.43. The first kappa shape index (κ1) is 17.6. The fourth-order valence-corrected chi connectivity index (χ4v) is 2.87. The van der Waals surface area contributed by atoms with Gasteiger partial charge in [0.25, 0.3) is 5.91 Å². The average molecular weight is 367 g/mol. The molecule has 0 aliphatic heterocycles. The Labute approximate surface area is 154 Å². The van der Waals surface area contributed by atoms with E-state index in [1.807, 2.05) is 53.9 Å². The van der Waals surface area contributed by atoms with Gasteiger partial charge in [-0.15, -0.1) is 11.3 Å². The summed E-state index contributed by atoms with van der Waals surface area (Å²) in [4.78, 5) is 28.0. The molecule has 132 valence electrons. The molecule has 0 unspecified atom stereocenters. The van der Waals surface area contributed by atoms with Gasteiger partial charge in [-0.2, -0.15) is 0 Å². The molecule has 0 bridgehead atoms. The van der Waals surface area contributed by atoms with Crippen molar-refractivity contribution in [3.63, 3.8) is 0 Å². The minimum Gasteiger partial charge on any atom is -0.484 e. The lowest BCUT2D eigenvalue weighted by Gasteiger charge is -2.07. The van der Waals surface area contributed by atoms with Gasteiger partial charge in [-0.3, -0.25) is 9.59 Å². The standard InChI is InChI=1S/C19H17N3O3S/c23-17(11-20-18(24)12-25-15-9-5-2-6-10-15)22-19-21-16(13-26-19)14-7-3-1-4-8-14/h1-10,13H,11-12H2,(H,20,24)(H,21,22,23). The minimum atomic E-state index is -0.367. The number of thiazole rings is 1. The molecular weight excluding hydrogens is 350 g/mol. The molecule has 7 heteroatoms. The van der Waals surface area contributed by atoms with Gasteiger partial charge < -0.3 is 15.4 Å². The van der Waals surface area contributed by atoms with Gasteiger partial charge in [-0.05, 0) is 12.1 Å². The molecule has 0 radical (unpaired) electrons. The Bertz CT molecular complexity index is 866. The van der Waals surface area contributed by atoms with E-state index in [0.717, 1.165) is 11.3 Å². The van der Waals surface area contributed by atoms with Crippen molar-refractivity contribution in [1.29, 1.82) is 0 Å². The van der Waals surface area contributed by atoms with Gasteiger partial charge in [0.1, 0.15) is 5.75 Å². The van der Waals surface area contributed by atoms with E-state index in [1.54, 1.807) is 12.1 Å². The van der Waals surface area contributed by atoms with E-state index in [4.69, 9.17) is 4.74 Å². The van der Waals surface area contributed by atoms with Gasteiger partial charge in [-0.25, -0.2) is 4.98 Å². The van der Waals surface area contributed by atoms with E-state index in [-0.39, 0.29) is 25.0 Å². The number of ether oxygens (including phenoxy) is 1. The van der Waals surface area contributed by atoms with Crippen molar-refractivity contribution in [3.8, 4) is 17.0 Å². The maximum absolute atomic E-state index is 11.9. The summed E-state index contributed by atoms with van der Waals surface area (Å²) >= 11 is 1.33. The predicted octanol–water partition coefficient (Wildman–Crippen LogP) is 2.94. The highest BCUT2D eigenvalue weighted by atomic mass is 32.1. The number of nitrogens with one attached hydrogen (secondary N) is 2. The highest BCUT2D eigenvalue weighted by molar-refractivity contribution is 7.14. The van der Waals surface area contributed by atoms with Crippen LogP contribution in [0.1, 0.15) is 0 Å². The van der Waals surface area contributed by atoms with Gasteiger partial charge in [-0.1, -0.05) is 48.5 Å². The first-order valence-electron chi connectivity index (χ1n) is 7.96. The zero-order valence-electron chi connectivity index (χ0n) is 13.8. The normalized spacial score (nSPS) is 10.2. The highest BCUT2D eigenvalue weighted by Gasteiger charge is 2.10. The van der Waals surface area contributed by atoms with E-state index in [2.05, 4.69) is 15.6 Å². The first-order chi connectivity index (χ1) is 12.7. The lowest BCUT2D eigenvalue weighted by atomic mass is 10.2. The number of para-hydroxylation sites is 1. The molecule has 0 aliphatic carbocycles. The van der Waals surface area contributed by atoms with E-state index < -0.39 is 0 Å². The van der Waals surface area contributed by atoms with Gasteiger partial charge in [0, 0.05) is 10.9 Å². The van der Waals surface area contributed by atoms with Crippen LogP contribution in [0.25, 0.3) is 11.3 Å². The molecule has 0 saturated carbocycles. The topological polar surface area (TPSA) is 80.3 Å². The van der Waals surface area contributed by atoms with Crippen molar-refractivity contribution < 1.29 is 14.3 Å². The third-order valence-corrected chi connectivity index (χ3v) is 4.14. The van der Waals surface area contributed by atoms with E-state index in [0.29, 0.717) is 10.9 Å². The number of benzene rings is 2. The van der Waals surface area contributed by atoms with Crippen LogP contribution in [0, 0.1) is 0 Å². The third kappa shape index (κ3) is 5.15. The summed E-state index contributed by atoms with van der Waals surface area (Å²) in [7, 11) is 0. The Kier molecular flexibility index (Phi) is 5.95. The number of nitrogens with zero attached hydrogens (tertiary/aromatic N) is 1. The monoisotopic (exact) mass is 367 g/mol. The van der Waals surface area contributed by atoms with Crippen LogP contribution >= 0.6 is 11.3 Å². The number of carbonyl (C=O) groups is 2. The molecule has 0 aliphatic rings. The smallest absolute Gasteiger partial charge is 0.258 e. The van der Waals surface area contributed by atoms with Crippen LogP contribution in [0.4, 0.5) is 5.13 Å². The van der Waals surface area contributed by atoms with Gasteiger partial charge >= 0.3 is 0 Å². The molecule has 26 heavy (non-hydrogen) atoms. The van der Waals surface area contributed by atoms with Crippen molar-refractivity contribution in [2.45, 2.75) is 0 Å². The maximum atomic E-state index is 11.9. The van der Waals surface area contributed by atoms with Crippen LogP contribution in [0.3, 0.4) is 0 Å². The molecule has 2 amide bonds. The van der Waals surface area contributed by atoms with Crippen molar-refractivity contribution in [2.75, 3.05) is 18.5 Å². The Morgan fingerprint density at radius 3 is 2.38 bits per heavy atom. The number of rotatable bonds is 7. The van der Waals surface area contributed by atoms with Crippen molar-refractivity contribution in [3.05, 3.63) is 66.0 Å². The summed E-state index contributed by atoms with van der Waals surface area (Å²) in [6.07, 6.45) is 0. The molecule has 1 heterocycles. The summed E-state index contributed by atoms with van der Waals surface area (Å²) in [6.45, 7) is -0.288. The number of anilines is 1. The zero-order chi connectivity index (χ0) is 18.2. The number of amides is 2. The number of hydrogen-bond acceptors (Lipinski definition) is 5. The predicted molar refractivity (Wildman–Crippen MR) is 101 cm³/mol. The van der Waals surface area contributed by atoms with E-state index in [1.165, 1.54) is 11.3 Å². The minimum absolute atomic E-state index is 0.142. The number of aromatic nitrogens is 1. The molecule has 2 N–H and O–H groups in total. The van der Waals surface area contributed by atoms with Crippen molar-refractivity contribution in [2.24, 2.45) is 0 Å². The number of hydrogen-bond donors (Lipinski definition) is 2. The summed E-state index contributed by atoms with van der Waals surface area (Å²) in [5, 5.41) is 7.55. The quantitative estimate of drug-likeness (QED) is 0.673. The lowest BCUT2D eigenvalue weighted by Crippen LogP contribution is -2.35. The van der Waals surface area contributed by atoms with Crippen LogP contribution in [0.5, 0.6) is 5.75 Å². The largest absolute Gasteiger partial charge is 0.484 e. The molecule has 3 aromatic rings. The molecule has 0 saturated heterocycles. The van der Waals surface area contributed by atoms with E-state index >= 15 is 0 Å². The van der Waals surface area contributed by atoms with Crippen LogP contribution in [0.15, 0.2) is 66.0 Å².